The fourth-order valence-corrected chi connectivity index (χ4v) is 4.50. The lowest BCUT2D eigenvalue weighted by Crippen LogP contribution is -2.21. The summed E-state index contributed by atoms with van der Waals surface area (Å²) in [5.41, 5.74) is 3.48. The molecule has 4 aromatic rings. The number of hydrogen-bond acceptors (Lipinski definition) is 3. The van der Waals surface area contributed by atoms with Crippen LogP contribution < -0.4 is 5.56 Å². The van der Waals surface area contributed by atoms with Gasteiger partial charge in [-0.2, -0.15) is 0 Å². The maximum atomic E-state index is 12.5. The number of aromatic hydroxyl groups is 1. The van der Waals surface area contributed by atoms with Crippen molar-refractivity contribution in [2.24, 2.45) is 0 Å². The Kier molecular flexibility index (Phi) is 6.35. The highest BCUT2D eigenvalue weighted by atomic mass is 32.2. The van der Waals surface area contributed by atoms with Crippen molar-refractivity contribution in [3.8, 4) is 5.75 Å². The SMILES string of the molecule is O=c1ccc(C(c2ccccc2)c2ccccc2)cn1CCSc1cccc(O)c1. The number of aromatic nitrogens is 1. The molecule has 3 aromatic carbocycles. The first-order valence-corrected chi connectivity index (χ1v) is 10.9. The zero-order valence-corrected chi connectivity index (χ0v) is 17.3. The third-order valence-electron chi connectivity index (χ3n) is 5.02. The number of phenols is 1. The first-order chi connectivity index (χ1) is 14.7. The molecule has 0 fully saturated rings. The highest BCUT2D eigenvalue weighted by Gasteiger charge is 2.17. The first kappa shape index (κ1) is 20.0. The molecule has 0 bridgehead atoms. The molecule has 1 aromatic heterocycles. The van der Waals surface area contributed by atoms with Gasteiger partial charge in [-0.15, -0.1) is 11.8 Å². The second-order valence-electron chi connectivity index (χ2n) is 7.09. The molecule has 0 aliphatic heterocycles. The molecule has 0 amide bonds. The van der Waals surface area contributed by atoms with Crippen molar-refractivity contribution in [2.75, 3.05) is 5.75 Å². The molecule has 1 heterocycles. The Hall–Kier alpha value is -3.24. The fourth-order valence-electron chi connectivity index (χ4n) is 3.60. The van der Waals surface area contributed by atoms with Gasteiger partial charge in [0.15, 0.2) is 0 Å². The molecule has 0 radical (unpaired) electrons. The van der Waals surface area contributed by atoms with E-state index in [1.165, 1.54) is 11.1 Å². The van der Waals surface area contributed by atoms with Crippen LogP contribution in [0.25, 0.3) is 0 Å². The Morgan fingerprint density at radius 3 is 2.07 bits per heavy atom. The van der Waals surface area contributed by atoms with Crippen LogP contribution in [0.15, 0.2) is 113 Å². The largest absolute Gasteiger partial charge is 0.508 e. The van der Waals surface area contributed by atoms with E-state index >= 15 is 0 Å². The second kappa shape index (κ2) is 9.51. The highest BCUT2D eigenvalue weighted by Crippen LogP contribution is 2.31. The van der Waals surface area contributed by atoms with Crippen LogP contribution in [0.5, 0.6) is 5.75 Å². The molecule has 150 valence electrons. The van der Waals surface area contributed by atoms with Crippen LogP contribution in [0.1, 0.15) is 22.6 Å². The minimum atomic E-state index is -0.00451. The van der Waals surface area contributed by atoms with E-state index in [0.717, 1.165) is 16.2 Å². The van der Waals surface area contributed by atoms with E-state index in [0.29, 0.717) is 6.54 Å². The molecule has 4 heteroatoms. The van der Waals surface area contributed by atoms with Gasteiger partial charge in [-0.25, -0.2) is 0 Å². The standard InChI is InChI=1S/C26H23NO2S/c28-23-12-7-13-24(18-23)30-17-16-27-19-22(14-15-25(27)29)26(20-8-3-1-4-9-20)21-10-5-2-6-11-21/h1-15,18-19,26,28H,16-17H2. The Labute approximate surface area is 180 Å². The van der Waals surface area contributed by atoms with Gasteiger partial charge in [0.1, 0.15) is 5.75 Å². The summed E-state index contributed by atoms with van der Waals surface area (Å²) in [4.78, 5) is 13.5. The van der Waals surface area contributed by atoms with E-state index in [2.05, 4.69) is 24.3 Å². The number of thioether (sulfide) groups is 1. The van der Waals surface area contributed by atoms with Crippen LogP contribution in [0, 0.1) is 0 Å². The molecule has 0 aliphatic carbocycles. The third-order valence-corrected chi connectivity index (χ3v) is 6.00. The van der Waals surface area contributed by atoms with E-state index in [1.54, 1.807) is 34.5 Å². The average Bonchev–Trinajstić information content (AvgIpc) is 2.77. The predicted octanol–water partition coefficient (Wildman–Crippen LogP) is 5.53. The summed E-state index contributed by atoms with van der Waals surface area (Å²) in [5, 5.41) is 9.62. The Balaban J connectivity index is 1.60. The quantitative estimate of drug-likeness (QED) is 0.405. The summed E-state index contributed by atoms with van der Waals surface area (Å²) in [7, 11) is 0. The van der Waals surface area contributed by atoms with Crippen molar-refractivity contribution in [1.29, 1.82) is 0 Å². The molecule has 0 saturated heterocycles. The van der Waals surface area contributed by atoms with Gasteiger partial charge in [0.05, 0.1) is 0 Å². The molecule has 0 saturated carbocycles. The van der Waals surface area contributed by atoms with Crippen LogP contribution >= 0.6 is 11.8 Å². The smallest absolute Gasteiger partial charge is 0.250 e. The molecular weight excluding hydrogens is 390 g/mol. The number of rotatable bonds is 7. The number of hydrogen-bond donors (Lipinski definition) is 1. The van der Waals surface area contributed by atoms with Gasteiger partial charge in [-0.05, 0) is 34.9 Å². The number of nitrogens with zero attached hydrogens (tertiary/aromatic N) is 1. The third kappa shape index (κ3) is 4.84. The molecule has 0 unspecified atom stereocenters. The minimum absolute atomic E-state index is 0.00451. The number of pyridine rings is 1. The van der Waals surface area contributed by atoms with Crippen LogP contribution in [0.4, 0.5) is 0 Å². The predicted molar refractivity (Wildman–Crippen MR) is 123 cm³/mol. The van der Waals surface area contributed by atoms with Gasteiger partial charge in [0.25, 0.3) is 5.56 Å². The van der Waals surface area contributed by atoms with Crippen molar-refractivity contribution in [3.05, 3.63) is 130 Å². The Bertz CT molecular complexity index is 1120. The molecule has 4 rings (SSSR count). The van der Waals surface area contributed by atoms with E-state index in [9.17, 15) is 9.90 Å². The lowest BCUT2D eigenvalue weighted by atomic mass is 9.86. The van der Waals surface area contributed by atoms with Crippen molar-refractivity contribution in [2.45, 2.75) is 17.4 Å². The maximum Gasteiger partial charge on any atom is 0.250 e. The lowest BCUT2D eigenvalue weighted by Gasteiger charge is -2.20. The molecule has 0 spiro atoms. The van der Waals surface area contributed by atoms with E-state index < -0.39 is 0 Å². The molecule has 0 atom stereocenters. The lowest BCUT2D eigenvalue weighted by molar-refractivity contribution is 0.474. The summed E-state index contributed by atoms with van der Waals surface area (Å²) >= 11 is 1.63. The van der Waals surface area contributed by atoms with E-state index in [1.807, 2.05) is 60.8 Å². The summed E-state index contributed by atoms with van der Waals surface area (Å²) in [6.45, 7) is 0.600. The van der Waals surface area contributed by atoms with Crippen LogP contribution in [0.2, 0.25) is 0 Å². The van der Waals surface area contributed by atoms with Gasteiger partial charge in [0.2, 0.25) is 0 Å². The maximum absolute atomic E-state index is 12.5. The molecule has 1 N–H and O–H groups in total. The topological polar surface area (TPSA) is 42.2 Å². The molecule has 30 heavy (non-hydrogen) atoms. The van der Waals surface area contributed by atoms with Crippen LogP contribution in [-0.4, -0.2) is 15.4 Å². The summed E-state index contributed by atoms with van der Waals surface area (Å²) in [5.74, 6) is 1.07. The first-order valence-electron chi connectivity index (χ1n) is 9.93. The fraction of sp³-hybridized carbons (Fsp3) is 0.115. The molecule has 0 aliphatic rings. The minimum Gasteiger partial charge on any atom is -0.508 e. The van der Waals surface area contributed by atoms with Gasteiger partial charge < -0.3 is 9.67 Å². The monoisotopic (exact) mass is 413 g/mol. The van der Waals surface area contributed by atoms with Crippen molar-refractivity contribution >= 4 is 11.8 Å². The summed E-state index contributed by atoms with van der Waals surface area (Å²) in [6.07, 6.45) is 1.98. The molecular formula is C26H23NO2S. The summed E-state index contributed by atoms with van der Waals surface area (Å²) in [6, 6.07) is 31.5. The van der Waals surface area contributed by atoms with E-state index in [4.69, 9.17) is 0 Å². The summed E-state index contributed by atoms with van der Waals surface area (Å²) < 4.78 is 1.78. The zero-order valence-electron chi connectivity index (χ0n) is 16.5. The highest BCUT2D eigenvalue weighted by molar-refractivity contribution is 7.99. The van der Waals surface area contributed by atoms with E-state index in [-0.39, 0.29) is 17.2 Å². The van der Waals surface area contributed by atoms with Crippen molar-refractivity contribution in [3.63, 3.8) is 0 Å². The second-order valence-corrected chi connectivity index (χ2v) is 8.26. The van der Waals surface area contributed by atoms with Gasteiger partial charge in [-0.1, -0.05) is 72.8 Å². The Morgan fingerprint density at radius 2 is 1.43 bits per heavy atom. The number of benzene rings is 3. The normalized spacial score (nSPS) is 11.0. The van der Waals surface area contributed by atoms with Crippen molar-refractivity contribution in [1.82, 2.24) is 4.57 Å². The number of aryl methyl sites for hydroxylation is 1. The van der Waals surface area contributed by atoms with Crippen molar-refractivity contribution < 1.29 is 5.11 Å². The number of phenolic OH excluding ortho intramolecular Hbond substituents is 1. The van der Waals surface area contributed by atoms with Gasteiger partial charge >= 0.3 is 0 Å². The van der Waals surface area contributed by atoms with Gasteiger partial charge in [-0.3, -0.25) is 4.79 Å². The molecule has 3 nitrogen and oxygen atoms in total. The average molecular weight is 414 g/mol. The Morgan fingerprint density at radius 1 is 0.767 bits per heavy atom. The van der Waals surface area contributed by atoms with Crippen LogP contribution in [0.3, 0.4) is 0 Å². The zero-order chi connectivity index (χ0) is 20.8. The van der Waals surface area contributed by atoms with Gasteiger partial charge in [0, 0.05) is 35.4 Å². The van der Waals surface area contributed by atoms with Crippen LogP contribution in [-0.2, 0) is 6.54 Å².